The Morgan fingerprint density at radius 3 is 2.54 bits per heavy atom. The first kappa shape index (κ1) is 19.6. The molecule has 0 saturated carbocycles. The molecule has 2 aliphatic rings. The summed E-state index contributed by atoms with van der Waals surface area (Å²) in [5.74, 6) is -3.49. The summed E-state index contributed by atoms with van der Waals surface area (Å²) in [6.45, 7) is 0. The fraction of sp³-hybridized carbons (Fsp3) is 0.222. The van der Waals surface area contributed by atoms with Gasteiger partial charge in [0.15, 0.2) is 0 Å². The molecular weight excluding hydrogens is 386 g/mol. The summed E-state index contributed by atoms with van der Waals surface area (Å²) in [6.07, 6.45) is 1.99. The molecule has 3 rings (SSSR count). The maximum atomic E-state index is 12.5. The summed E-state index contributed by atoms with van der Waals surface area (Å²) < 4.78 is 0. The molecule has 146 valence electrons. The van der Waals surface area contributed by atoms with Crippen LogP contribution in [-0.4, -0.2) is 56.0 Å². The van der Waals surface area contributed by atoms with Crippen LogP contribution >= 0.6 is 11.8 Å². The van der Waals surface area contributed by atoms with Crippen molar-refractivity contribution in [2.24, 2.45) is 5.73 Å². The molecular formula is C18H17N3O6S. The Morgan fingerprint density at radius 2 is 1.93 bits per heavy atom. The largest absolute Gasteiger partial charge is 0.478 e. The number of nitrogens with two attached hydrogens (primary N) is 1. The average Bonchev–Trinajstić information content (AvgIpc) is 2.69. The van der Waals surface area contributed by atoms with Gasteiger partial charge in [0, 0.05) is 11.8 Å². The molecule has 2 aliphatic heterocycles. The molecule has 1 fully saturated rings. The Hall–Kier alpha value is -3.11. The fourth-order valence-electron chi connectivity index (χ4n) is 3.00. The average molecular weight is 403 g/mol. The second-order valence-electron chi connectivity index (χ2n) is 6.13. The summed E-state index contributed by atoms with van der Waals surface area (Å²) in [6, 6.07) is 6.81. The SMILES string of the molecule is N[C@@H](C(=O)NC1C(=O)N2C(C(=O)O)=C(C=CC(=O)O)CS[C@H]12)c1ccccc1. The third-order valence-electron chi connectivity index (χ3n) is 4.37. The van der Waals surface area contributed by atoms with Crippen molar-refractivity contribution in [2.45, 2.75) is 17.5 Å². The van der Waals surface area contributed by atoms with Crippen molar-refractivity contribution in [3.05, 3.63) is 59.3 Å². The highest BCUT2D eigenvalue weighted by molar-refractivity contribution is 8.00. The molecule has 2 heterocycles. The summed E-state index contributed by atoms with van der Waals surface area (Å²) >= 11 is 1.24. The van der Waals surface area contributed by atoms with Gasteiger partial charge in [-0.1, -0.05) is 30.3 Å². The number of hydrogen-bond donors (Lipinski definition) is 4. The third-order valence-corrected chi connectivity index (χ3v) is 5.67. The van der Waals surface area contributed by atoms with Gasteiger partial charge in [-0.15, -0.1) is 11.8 Å². The van der Waals surface area contributed by atoms with E-state index in [9.17, 15) is 24.3 Å². The van der Waals surface area contributed by atoms with Crippen LogP contribution in [0.5, 0.6) is 0 Å². The number of allylic oxidation sites excluding steroid dienone is 1. The van der Waals surface area contributed by atoms with Crippen LogP contribution in [0.1, 0.15) is 11.6 Å². The molecule has 0 aliphatic carbocycles. The molecule has 1 saturated heterocycles. The molecule has 0 spiro atoms. The van der Waals surface area contributed by atoms with E-state index in [0.717, 1.165) is 11.0 Å². The van der Waals surface area contributed by atoms with Gasteiger partial charge >= 0.3 is 11.9 Å². The number of nitrogens with zero attached hydrogens (tertiary/aromatic N) is 1. The highest BCUT2D eigenvalue weighted by Gasteiger charge is 2.54. The van der Waals surface area contributed by atoms with E-state index in [1.165, 1.54) is 17.8 Å². The maximum Gasteiger partial charge on any atom is 0.352 e. The topological polar surface area (TPSA) is 150 Å². The number of fused-ring (bicyclic) bond motifs is 1. The van der Waals surface area contributed by atoms with Gasteiger partial charge < -0.3 is 21.3 Å². The lowest BCUT2D eigenvalue weighted by atomic mass is 10.0. The minimum absolute atomic E-state index is 0.191. The summed E-state index contributed by atoms with van der Waals surface area (Å²) in [4.78, 5) is 48.3. The molecule has 0 radical (unpaired) electrons. The first-order valence-corrected chi connectivity index (χ1v) is 9.29. The minimum Gasteiger partial charge on any atom is -0.478 e. The molecule has 0 bridgehead atoms. The van der Waals surface area contributed by atoms with E-state index in [2.05, 4.69) is 5.32 Å². The lowest BCUT2D eigenvalue weighted by Crippen LogP contribution is -2.71. The van der Waals surface area contributed by atoms with Crippen LogP contribution in [-0.2, 0) is 19.2 Å². The van der Waals surface area contributed by atoms with Gasteiger partial charge in [0.25, 0.3) is 5.91 Å². The molecule has 28 heavy (non-hydrogen) atoms. The zero-order valence-electron chi connectivity index (χ0n) is 14.4. The zero-order valence-corrected chi connectivity index (χ0v) is 15.3. The minimum atomic E-state index is -1.34. The molecule has 3 atom stereocenters. The van der Waals surface area contributed by atoms with Gasteiger partial charge in [-0.05, 0) is 17.2 Å². The number of aliphatic carboxylic acids is 2. The van der Waals surface area contributed by atoms with Gasteiger partial charge in [0.2, 0.25) is 5.91 Å². The number of rotatable bonds is 6. The number of β-lactam (4-membered cyclic amide) rings is 1. The second-order valence-corrected chi connectivity index (χ2v) is 7.24. The number of carbonyl (C=O) groups excluding carboxylic acids is 2. The Bertz CT molecular complexity index is 898. The number of hydrogen-bond acceptors (Lipinski definition) is 6. The van der Waals surface area contributed by atoms with Crippen molar-refractivity contribution in [2.75, 3.05) is 5.75 Å². The van der Waals surface area contributed by atoms with E-state index in [0.29, 0.717) is 5.56 Å². The van der Waals surface area contributed by atoms with Gasteiger partial charge in [-0.25, -0.2) is 9.59 Å². The van der Waals surface area contributed by atoms with Crippen LogP contribution < -0.4 is 11.1 Å². The molecule has 9 nitrogen and oxygen atoms in total. The number of thioether (sulfide) groups is 1. The van der Waals surface area contributed by atoms with E-state index in [4.69, 9.17) is 10.8 Å². The molecule has 5 N–H and O–H groups in total. The van der Waals surface area contributed by atoms with E-state index in [1.807, 2.05) is 0 Å². The number of benzene rings is 1. The Balaban J connectivity index is 1.76. The molecule has 1 aromatic rings. The summed E-state index contributed by atoms with van der Waals surface area (Å²) in [5, 5.41) is 20.2. The molecule has 2 amide bonds. The van der Waals surface area contributed by atoms with Crippen LogP contribution in [0.4, 0.5) is 0 Å². The number of carboxylic acid groups (broad SMARTS) is 2. The highest BCUT2D eigenvalue weighted by Crippen LogP contribution is 2.40. The number of carbonyl (C=O) groups is 4. The first-order chi connectivity index (χ1) is 13.3. The van der Waals surface area contributed by atoms with Crippen molar-refractivity contribution in [1.82, 2.24) is 10.2 Å². The Kier molecular flexibility index (Phi) is 5.52. The lowest BCUT2D eigenvalue weighted by molar-refractivity contribution is -0.150. The van der Waals surface area contributed by atoms with Crippen molar-refractivity contribution in [3.8, 4) is 0 Å². The van der Waals surface area contributed by atoms with E-state index < -0.39 is 41.2 Å². The molecule has 10 heteroatoms. The summed E-state index contributed by atoms with van der Waals surface area (Å²) in [7, 11) is 0. The van der Waals surface area contributed by atoms with Gasteiger partial charge in [-0.3, -0.25) is 14.5 Å². The number of amides is 2. The summed E-state index contributed by atoms with van der Waals surface area (Å²) in [5.41, 5.74) is 6.47. The van der Waals surface area contributed by atoms with Crippen molar-refractivity contribution in [3.63, 3.8) is 0 Å². The van der Waals surface area contributed by atoms with Crippen molar-refractivity contribution >= 4 is 35.5 Å². The van der Waals surface area contributed by atoms with E-state index in [-0.39, 0.29) is 17.0 Å². The fourth-order valence-corrected chi connectivity index (χ4v) is 4.32. The van der Waals surface area contributed by atoms with E-state index in [1.54, 1.807) is 30.3 Å². The predicted molar refractivity (Wildman–Crippen MR) is 99.8 cm³/mol. The Labute approximate surface area is 163 Å². The van der Waals surface area contributed by atoms with Crippen molar-refractivity contribution < 1.29 is 29.4 Å². The monoisotopic (exact) mass is 403 g/mol. The molecule has 0 aromatic heterocycles. The van der Waals surface area contributed by atoms with Crippen LogP contribution in [0.25, 0.3) is 0 Å². The normalized spacial score (nSPS) is 22.5. The first-order valence-electron chi connectivity index (χ1n) is 8.24. The smallest absolute Gasteiger partial charge is 0.352 e. The number of nitrogens with one attached hydrogen (secondary N) is 1. The zero-order chi connectivity index (χ0) is 20.4. The lowest BCUT2D eigenvalue weighted by Gasteiger charge is -2.49. The molecule has 1 aromatic carbocycles. The van der Waals surface area contributed by atoms with Crippen LogP contribution in [0.2, 0.25) is 0 Å². The quantitative estimate of drug-likeness (QED) is 0.385. The van der Waals surface area contributed by atoms with Crippen molar-refractivity contribution in [1.29, 1.82) is 0 Å². The number of carboxylic acids is 2. The van der Waals surface area contributed by atoms with Gasteiger partial charge in [-0.2, -0.15) is 0 Å². The van der Waals surface area contributed by atoms with E-state index >= 15 is 0 Å². The van der Waals surface area contributed by atoms with Gasteiger partial charge in [0.1, 0.15) is 23.2 Å². The van der Waals surface area contributed by atoms with Crippen LogP contribution in [0.15, 0.2) is 53.8 Å². The highest BCUT2D eigenvalue weighted by atomic mass is 32.2. The third kappa shape index (κ3) is 3.64. The maximum absolute atomic E-state index is 12.5. The van der Waals surface area contributed by atoms with Crippen LogP contribution in [0.3, 0.4) is 0 Å². The standard InChI is InChI=1S/C18H17N3O6S/c19-12(9-4-2-1-3-5-9)15(24)20-13-16(25)21-14(18(26)27)10(6-7-11(22)23)8-28-17(13)21/h1-7,12-13,17H,8,19H2,(H,20,24)(H,22,23)(H,26,27)/t12-,13?,17-/m1/s1. The second kappa shape index (κ2) is 7.87. The predicted octanol–water partition coefficient (Wildman–Crippen LogP) is 0.0658. The Morgan fingerprint density at radius 1 is 1.25 bits per heavy atom. The molecule has 1 unspecified atom stereocenters. The van der Waals surface area contributed by atoms with Gasteiger partial charge in [0.05, 0.1) is 0 Å². The van der Waals surface area contributed by atoms with Crippen LogP contribution in [0, 0.1) is 0 Å².